The summed E-state index contributed by atoms with van der Waals surface area (Å²) in [6, 6.07) is 18.4. The Morgan fingerprint density at radius 1 is 1.10 bits per heavy atom. The molecule has 2 aromatic carbocycles. The molecule has 1 saturated carbocycles. The molecule has 1 fully saturated rings. The van der Waals surface area contributed by atoms with Crippen LogP contribution in [-0.2, 0) is 10.2 Å². The number of aryl methyl sites for hydroxylation is 1. The smallest absolute Gasteiger partial charge is 0.230 e. The van der Waals surface area contributed by atoms with Crippen LogP contribution in [0.1, 0.15) is 30.7 Å². The van der Waals surface area contributed by atoms with Crippen molar-refractivity contribution in [2.75, 3.05) is 12.3 Å². The second kappa shape index (κ2) is 7.72. The summed E-state index contributed by atoms with van der Waals surface area (Å²) in [7, 11) is 0. The highest BCUT2D eigenvalue weighted by Crippen LogP contribution is 2.43. The predicted octanol–water partition coefficient (Wildman–Crippen LogP) is 3.92. The molecular weight excluding hydrogens is 394 g/mol. The molecule has 0 saturated heterocycles. The molecule has 0 spiro atoms. The number of aromatic nitrogens is 4. The minimum atomic E-state index is 0.0159. The molecule has 7 heteroatoms. The highest BCUT2D eigenvalue weighted by molar-refractivity contribution is 7.99. The van der Waals surface area contributed by atoms with Gasteiger partial charge < -0.3 is 5.32 Å². The van der Waals surface area contributed by atoms with Gasteiger partial charge in [-0.05, 0) is 37.5 Å². The topological polar surface area (TPSA) is 72.2 Å². The number of thioether (sulfide) groups is 1. The fourth-order valence-electron chi connectivity index (χ4n) is 4.14. The molecule has 0 aliphatic heterocycles. The van der Waals surface area contributed by atoms with Gasteiger partial charge in [-0.25, -0.2) is 9.97 Å². The molecule has 0 atom stereocenters. The Kier molecular flexibility index (Phi) is 4.90. The third kappa shape index (κ3) is 3.43. The fourth-order valence-corrected chi connectivity index (χ4v) is 4.91. The number of carbonyl (C=O) groups is 1. The van der Waals surface area contributed by atoms with Gasteiger partial charge in [-0.3, -0.25) is 4.79 Å². The first-order chi connectivity index (χ1) is 14.6. The second-order valence-corrected chi connectivity index (χ2v) is 8.81. The maximum Gasteiger partial charge on any atom is 0.230 e. The maximum absolute atomic E-state index is 12.6. The van der Waals surface area contributed by atoms with Crippen molar-refractivity contribution in [2.24, 2.45) is 0 Å². The molecule has 1 aliphatic carbocycles. The van der Waals surface area contributed by atoms with Crippen LogP contribution >= 0.6 is 11.8 Å². The van der Waals surface area contributed by atoms with Crippen LogP contribution in [-0.4, -0.2) is 37.8 Å². The van der Waals surface area contributed by atoms with Crippen molar-refractivity contribution in [3.63, 3.8) is 0 Å². The van der Waals surface area contributed by atoms with E-state index in [0.29, 0.717) is 23.3 Å². The van der Waals surface area contributed by atoms with E-state index in [0.717, 1.165) is 29.4 Å². The molecular formula is C23H23N5OS. The zero-order chi connectivity index (χ0) is 20.6. The highest BCUT2D eigenvalue weighted by atomic mass is 32.2. The summed E-state index contributed by atoms with van der Waals surface area (Å²) in [5, 5.41) is 9.27. The minimum absolute atomic E-state index is 0.0159. The number of amides is 1. The third-order valence-electron chi connectivity index (χ3n) is 5.91. The molecule has 5 rings (SSSR count). The number of nitrogens with zero attached hydrogens (tertiary/aromatic N) is 4. The molecule has 0 radical (unpaired) electrons. The van der Waals surface area contributed by atoms with Crippen molar-refractivity contribution >= 4 is 34.2 Å². The predicted molar refractivity (Wildman–Crippen MR) is 119 cm³/mol. The van der Waals surface area contributed by atoms with Crippen LogP contribution in [0, 0.1) is 6.92 Å². The minimum Gasteiger partial charge on any atom is -0.354 e. The molecule has 30 heavy (non-hydrogen) atoms. The van der Waals surface area contributed by atoms with Crippen LogP contribution in [0.3, 0.4) is 0 Å². The number of rotatable bonds is 6. The number of carbonyl (C=O) groups excluding carboxylic acids is 1. The number of hydrogen-bond acceptors (Lipinski definition) is 5. The van der Waals surface area contributed by atoms with E-state index in [9.17, 15) is 4.79 Å². The molecule has 152 valence electrons. The fraction of sp³-hybridized carbons (Fsp3) is 0.304. The number of fused-ring (bicyclic) bond motifs is 3. The van der Waals surface area contributed by atoms with Gasteiger partial charge in [0.2, 0.25) is 5.91 Å². The summed E-state index contributed by atoms with van der Waals surface area (Å²) in [4.78, 5) is 21.9. The molecule has 4 aromatic rings. The highest BCUT2D eigenvalue weighted by Gasteiger charge is 2.38. The van der Waals surface area contributed by atoms with Crippen LogP contribution in [0.25, 0.3) is 16.6 Å². The Hall–Kier alpha value is -2.93. The first kappa shape index (κ1) is 19.1. The third-order valence-corrected chi connectivity index (χ3v) is 6.84. The lowest BCUT2D eigenvalue weighted by molar-refractivity contribution is -0.119. The van der Waals surface area contributed by atoms with Gasteiger partial charge >= 0.3 is 0 Å². The van der Waals surface area contributed by atoms with Crippen molar-refractivity contribution < 1.29 is 4.79 Å². The van der Waals surface area contributed by atoms with Gasteiger partial charge in [0.25, 0.3) is 0 Å². The van der Waals surface area contributed by atoms with E-state index in [1.807, 2.05) is 37.3 Å². The van der Waals surface area contributed by atoms with E-state index in [-0.39, 0.29) is 11.3 Å². The number of benzene rings is 2. The van der Waals surface area contributed by atoms with Gasteiger partial charge in [0.1, 0.15) is 5.82 Å². The van der Waals surface area contributed by atoms with E-state index < -0.39 is 0 Å². The van der Waals surface area contributed by atoms with E-state index >= 15 is 0 Å². The molecule has 6 nitrogen and oxygen atoms in total. The molecule has 1 amide bonds. The van der Waals surface area contributed by atoms with Gasteiger partial charge in [0.15, 0.2) is 10.8 Å². The van der Waals surface area contributed by atoms with Crippen molar-refractivity contribution in [2.45, 2.75) is 36.8 Å². The molecule has 0 unspecified atom stereocenters. The first-order valence-corrected chi connectivity index (χ1v) is 11.2. The molecule has 1 N–H and O–H groups in total. The molecule has 2 heterocycles. The lowest BCUT2D eigenvalue weighted by Crippen LogP contribution is -2.46. The molecule has 2 aromatic heterocycles. The summed E-state index contributed by atoms with van der Waals surface area (Å²) >= 11 is 1.40. The number of nitrogens with one attached hydrogen (secondary N) is 1. The standard InChI is InChI=1S/C23H23N5OS/c1-16-25-21-18-10-5-6-11-19(18)26-22(28(21)27-16)30-14-20(29)24-15-23(12-7-13-23)17-8-3-2-4-9-17/h2-6,8-11H,7,12-15H2,1H3,(H,24,29). The van der Waals surface area contributed by atoms with E-state index in [1.165, 1.54) is 23.7 Å². The maximum atomic E-state index is 12.6. The van der Waals surface area contributed by atoms with E-state index in [2.05, 4.69) is 39.7 Å². The summed E-state index contributed by atoms with van der Waals surface area (Å²) in [6.07, 6.45) is 3.45. The zero-order valence-corrected chi connectivity index (χ0v) is 17.7. The van der Waals surface area contributed by atoms with Crippen molar-refractivity contribution in [3.8, 4) is 0 Å². The summed E-state index contributed by atoms with van der Waals surface area (Å²) in [6.45, 7) is 2.55. The van der Waals surface area contributed by atoms with Crippen molar-refractivity contribution in [3.05, 3.63) is 66.0 Å². The first-order valence-electron chi connectivity index (χ1n) is 10.2. The Morgan fingerprint density at radius 2 is 1.87 bits per heavy atom. The normalized spacial score (nSPS) is 15.2. The van der Waals surface area contributed by atoms with Gasteiger partial charge in [0, 0.05) is 17.3 Å². The van der Waals surface area contributed by atoms with Crippen molar-refractivity contribution in [1.82, 2.24) is 24.9 Å². The van der Waals surface area contributed by atoms with Gasteiger partial charge in [-0.1, -0.05) is 60.6 Å². The largest absolute Gasteiger partial charge is 0.354 e. The van der Waals surface area contributed by atoms with Gasteiger partial charge in [-0.15, -0.1) is 5.10 Å². The average Bonchev–Trinajstić information content (AvgIpc) is 3.14. The quantitative estimate of drug-likeness (QED) is 0.380. The monoisotopic (exact) mass is 417 g/mol. The van der Waals surface area contributed by atoms with Crippen LogP contribution in [0.4, 0.5) is 0 Å². The second-order valence-electron chi connectivity index (χ2n) is 7.87. The zero-order valence-electron chi connectivity index (χ0n) is 16.8. The van der Waals surface area contributed by atoms with Crippen LogP contribution in [0.2, 0.25) is 0 Å². The van der Waals surface area contributed by atoms with Crippen LogP contribution < -0.4 is 5.32 Å². The summed E-state index contributed by atoms with van der Waals surface area (Å²) in [5.74, 6) is 1.00. The van der Waals surface area contributed by atoms with Gasteiger partial charge in [-0.2, -0.15) is 4.52 Å². The number of para-hydroxylation sites is 1. The van der Waals surface area contributed by atoms with E-state index in [1.54, 1.807) is 4.52 Å². The molecule has 0 bridgehead atoms. The lowest BCUT2D eigenvalue weighted by Gasteiger charge is -2.42. The Balaban J connectivity index is 1.30. The lowest BCUT2D eigenvalue weighted by atomic mass is 9.64. The summed E-state index contributed by atoms with van der Waals surface area (Å²) in [5.41, 5.74) is 3.04. The van der Waals surface area contributed by atoms with E-state index in [4.69, 9.17) is 4.98 Å². The van der Waals surface area contributed by atoms with Crippen molar-refractivity contribution in [1.29, 1.82) is 0 Å². The molecule has 1 aliphatic rings. The van der Waals surface area contributed by atoms with Crippen LogP contribution in [0.5, 0.6) is 0 Å². The number of hydrogen-bond donors (Lipinski definition) is 1. The Bertz CT molecular complexity index is 1220. The summed E-state index contributed by atoms with van der Waals surface area (Å²) < 4.78 is 1.74. The Labute approximate surface area is 179 Å². The van der Waals surface area contributed by atoms with Crippen LogP contribution in [0.15, 0.2) is 59.8 Å². The SMILES string of the molecule is Cc1nc2c3ccccc3nc(SCC(=O)NCC3(c4ccccc4)CCC3)n2n1. The van der Waals surface area contributed by atoms with Gasteiger partial charge in [0.05, 0.1) is 11.3 Å². The Morgan fingerprint density at radius 3 is 2.63 bits per heavy atom. The average molecular weight is 418 g/mol.